The molecule has 2 aromatic rings. The summed E-state index contributed by atoms with van der Waals surface area (Å²) in [6.45, 7) is 1.98. The van der Waals surface area contributed by atoms with Crippen LogP contribution in [0.1, 0.15) is 22.9 Å². The highest BCUT2D eigenvalue weighted by molar-refractivity contribution is 5.22. The summed E-state index contributed by atoms with van der Waals surface area (Å²) in [4.78, 5) is 0. The van der Waals surface area contributed by atoms with E-state index in [0.29, 0.717) is 0 Å². The van der Waals surface area contributed by atoms with E-state index in [2.05, 4.69) is 5.10 Å². The van der Waals surface area contributed by atoms with Gasteiger partial charge in [0.25, 0.3) is 0 Å². The zero-order valence-electron chi connectivity index (χ0n) is 8.97. The molecular formula is C11H15N3O. The van der Waals surface area contributed by atoms with Gasteiger partial charge in [-0.1, -0.05) is 0 Å². The molecule has 0 saturated heterocycles. The minimum atomic E-state index is -0.0173. The van der Waals surface area contributed by atoms with Gasteiger partial charge in [0.05, 0.1) is 18.2 Å². The number of hydrogen-bond acceptors (Lipinski definition) is 3. The second-order valence-corrected chi connectivity index (χ2v) is 3.79. The summed E-state index contributed by atoms with van der Waals surface area (Å²) in [6, 6.07) is 1.92. The molecule has 0 bridgehead atoms. The highest BCUT2D eigenvalue weighted by Gasteiger charge is 2.13. The summed E-state index contributed by atoms with van der Waals surface area (Å²) < 4.78 is 6.80. The van der Waals surface area contributed by atoms with Gasteiger partial charge in [0.15, 0.2) is 0 Å². The van der Waals surface area contributed by atoms with Gasteiger partial charge in [0.1, 0.15) is 0 Å². The summed E-state index contributed by atoms with van der Waals surface area (Å²) >= 11 is 0. The molecule has 4 heteroatoms. The van der Waals surface area contributed by atoms with Crippen molar-refractivity contribution in [3.05, 3.63) is 41.6 Å². The number of furan rings is 1. The van der Waals surface area contributed by atoms with E-state index in [0.717, 1.165) is 23.2 Å². The molecule has 0 amide bonds. The monoisotopic (exact) mass is 205 g/mol. The lowest BCUT2D eigenvalue weighted by Gasteiger charge is -2.08. The van der Waals surface area contributed by atoms with Gasteiger partial charge in [0, 0.05) is 24.8 Å². The average Bonchev–Trinajstić information content (AvgIpc) is 2.75. The molecule has 2 rings (SSSR count). The van der Waals surface area contributed by atoms with Crippen LogP contribution in [-0.4, -0.2) is 9.78 Å². The van der Waals surface area contributed by atoms with E-state index in [9.17, 15) is 0 Å². The fourth-order valence-electron chi connectivity index (χ4n) is 1.75. The van der Waals surface area contributed by atoms with E-state index in [1.54, 1.807) is 17.2 Å². The second-order valence-electron chi connectivity index (χ2n) is 3.79. The summed E-state index contributed by atoms with van der Waals surface area (Å²) in [6.07, 6.45) is 6.15. The Morgan fingerprint density at radius 3 is 2.93 bits per heavy atom. The van der Waals surface area contributed by atoms with E-state index >= 15 is 0 Å². The molecule has 4 nitrogen and oxygen atoms in total. The van der Waals surface area contributed by atoms with Gasteiger partial charge < -0.3 is 10.2 Å². The third-order valence-corrected chi connectivity index (χ3v) is 2.49. The lowest BCUT2D eigenvalue weighted by molar-refractivity contribution is 0.561. The van der Waals surface area contributed by atoms with Gasteiger partial charge >= 0.3 is 0 Å². The molecule has 0 aliphatic heterocycles. The van der Waals surface area contributed by atoms with Crippen LogP contribution >= 0.6 is 0 Å². The summed E-state index contributed by atoms with van der Waals surface area (Å²) in [5, 5.41) is 4.27. The van der Waals surface area contributed by atoms with E-state index in [1.807, 2.05) is 26.2 Å². The molecule has 0 radical (unpaired) electrons. The van der Waals surface area contributed by atoms with Crippen LogP contribution in [0.4, 0.5) is 0 Å². The fourth-order valence-corrected chi connectivity index (χ4v) is 1.75. The largest absolute Gasteiger partial charge is 0.472 e. The Morgan fingerprint density at radius 2 is 2.40 bits per heavy atom. The van der Waals surface area contributed by atoms with Crippen LogP contribution in [-0.2, 0) is 13.5 Å². The smallest absolute Gasteiger partial charge is 0.0935 e. The number of aromatic nitrogens is 2. The van der Waals surface area contributed by atoms with Crippen molar-refractivity contribution in [1.29, 1.82) is 0 Å². The van der Waals surface area contributed by atoms with Gasteiger partial charge in [-0.25, -0.2) is 0 Å². The molecule has 1 unspecified atom stereocenters. The Morgan fingerprint density at radius 1 is 1.60 bits per heavy atom. The van der Waals surface area contributed by atoms with Crippen molar-refractivity contribution in [3.63, 3.8) is 0 Å². The van der Waals surface area contributed by atoms with E-state index in [4.69, 9.17) is 10.2 Å². The number of nitrogens with zero attached hydrogens (tertiary/aromatic N) is 2. The number of nitrogens with two attached hydrogens (primary N) is 1. The van der Waals surface area contributed by atoms with Crippen LogP contribution in [0.3, 0.4) is 0 Å². The molecule has 0 saturated carbocycles. The topological polar surface area (TPSA) is 57.0 Å². The molecule has 0 aliphatic rings. The maximum atomic E-state index is 6.11. The predicted octanol–water partition coefficient (Wildman–Crippen LogP) is 1.56. The van der Waals surface area contributed by atoms with Crippen LogP contribution in [0.15, 0.2) is 29.2 Å². The first-order valence-electron chi connectivity index (χ1n) is 4.93. The first-order chi connectivity index (χ1) is 7.16. The lowest BCUT2D eigenvalue weighted by Crippen LogP contribution is -2.13. The molecule has 80 valence electrons. The number of hydrogen-bond donors (Lipinski definition) is 1. The Kier molecular flexibility index (Phi) is 2.60. The van der Waals surface area contributed by atoms with Crippen LogP contribution in [0, 0.1) is 6.92 Å². The van der Waals surface area contributed by atoms with Crippen molar-refractivity contribution >= 4 is 0 Å². The lowest BCUT2D eigenvalue weighted by atomic mass is 10.0. The highest BCUT2D eigenvalue weighted by atomic mass is 16.3. The van der Waals surface area contributed by atoms with Crippen molar-refractivity contribution < 1.29 is 4.42 Å². The van der Waals surface area contributed by atoms with Crippen molar-refractivity contribution in [2.75, 3.05) is 0 Å². The quantitative estimate of drug-likeness (QED) is 0.827. The first-order valence-corrected chi connectivity index (χ1v) is 4.93. The van der Waals surface area contributed by atoms with E-state index < -0.39 is 0 Å². The van der Waals surface area contributed by atoms with Crippen LogP contribution in [0.25, 0.3) is 0 Å². The van der Waals surface area contributed by atoms with Gasteiger partial charge in [-0.2, -0.15) is 5.10 Å². The standard InChI is InChI=1S/C11H15N3O/c1-8-10(6-14(2)13-8)11(12)5-9-3-4-15-7-9/h3-4,6-7,11H,5,12H2,1-2H3. The summed E-state index contributed by atoms with van der Waals surface area (Å²) in [5.41, 5.74) is 9.31. The van der Waals surface area contributed by atoms with Gasteiger partial charge in [-0.3, -0.25) is 4.68 Å². The normalized spacial score (nSPS) is 13.0. The Bertz CT molecular complexity index is 431. The minimum absolute atomic E-state index is 0.0173. The Labute approximate surface area is 88.7 Å². The van der Waals surface area contributed by atoms with Crippen molar-refractivity contribution in [1.82, 2.24) is 9.78 Å². The molecule has 15 heavy (non-hydrogen) atoms. The summed E-state index contributed by atoms with van der Waals surface area (Å²) in [5.74, 6) is 0. The van der Waals surface area contributed by atoms with Crippen molar-refractivity contribution in [2.45, 2.75) is 19.4 Å². The average molecular weight is 205 g/mol. The molecule has 2 heterocycles. The third kappa shape index (κ3) is 2.10. The van der Waals surface area contributed by atoms with Gasteiger partial charge in [0.2, 0.25) is 0 Å². The zero-order valence-corrected chi connectivity index (χ0v) is 8.97. The molecule has 0 spiro atoms. The zero-order chi connectivity index (χ0) is 10.8. The molecule has 0 fully saturated rings. The van der Waals surface area contributed by atoms with Gasteiger partial charge in [-0.05, 0) is 25.0 Å². The highest BCUT2D eigenvalue weighted by Crippen LogP contribution is 2.18. The van der Waals surface area contributed by atoms with E-state index in [-0.39, 0.29) is 6.04 Å². The number of rotatable bonds is 3. The van der Waals surface area contributed by atoms with Crippen molar-refractivity contribution in [3.8, 4) is 0 Å². The molecule has 0 aliphatic carbocycles. The molecule has 0 aromatic carbocycles. The SMILES string of the molecule is Cc1nn(C)cc1C(N)Cc1ccoc1. The third-order valence-electron chi connectivity index (χ3n) is 2.49. The van der Waals surface area contributed by atoms with Gasteiger partial charge in [-0.15, -0.1) is 0 Å². The Hall–Kier alpha value is -1.55. The van der Waals surface area contributed by atoms with Crippen LogP contribution in [0.2, 0.25) is 0 Å². The molecule has 2 N–H and O–H groups in total. The first kappa shape index (κ1) is 9.98. The maximum Gasteiger partial charge on any atom is 0.0935 e. The maximum absolute atomic E-state index is 6.11. The minimum Gasteiger partial charge on any atom is -0.472 e. The number of aryl methyl sites for hydroxylation is 2. The fraction of sp³-hybridized carbons (Fsp3) is 0.364. The molecular weight excluding hydrogens is 190 g/mol. The second kappa shape index (κ2) is 3.90. The summed E-state index contributed by atoms with van der Waals surface area (Å²) in [7, 11) is 1.90. The Balaban J connectivity index is 2.14. The van der Waals surface area contributed by atoms with Crippen LogP contribution < -0.4 is 5.73 Å². The van der Waals surface area contributed by atoms with Crippen molar-refractivity contribution in [2.24, 2.45) is 12.8 Å². The van der Waals surface area contributed by atoms with E-state index in [1.165, 1.54) is 0 Å². The van der Waals surface area contributed by atoms with Crippen LogP contribution in [0.5, 0.6) is 0 Å². The molecule has 2 aromatic heterocycles. The molecule has 1 atom stereocenters. The predicted molar refractivity (Wildman–Crippen MR) is 57.3 cm³/mol.